The first-order valence-electron chi connectivity index (χ1n) is 12.0. The van der Waals surface area contributed by atoms with Gasteiger partial charge in [0.15, 0.2) is 5.96 Å². The molecule has 0 saturated carbocycles. The molecule has 0 saturated heterocycles. The van der Waals surface area contributed by atoms with E-state index in [0.29, 0.717) is 5.56 Å². The molecule has 0 radical (unpaired) electrons. The summed E-state index contributed by atoms with van der Waals surface area (Å²) in [6.45, 7) is 0.0707. The number of carbonyl (C=O) groups excluding carboxylic acids is 5. The smallest absolute Gasteiger partial charge is 0.326 e. The molecule has 5 amide bonds. The third kappa shape index (κ3) is 12.5. The number of phenolic OH excluding ortho intramolecular Hbond substituents is 1. The fraction of sp³-hybridized carbons (Fsp3) is 0.435. The maximum absolute atomic E-state index is 13.1. The van der Waals surface area contributed by atoms with E-state index in [9.17, 15) is 39.0 Å². The van der Waals surface area contributed by atoms with Gasteiger partial charge in [-0.3, -0.25) is 29.0 Å². The highest BCUT2D eigenvalue weighted by Gasteiger charge is 2.31. The molecule has 0 aliphatic heterocycles. The lowest BCUT2D eigenvalue weighted by molar-refractivity contribution is -0.142. The number of carbonyl (C=O) groups is 6. The Morgan fingerprint density at radius 1 is 0.775 bits per heavy atom. The van der Waals surface area contributed by atoms with Crippen LogP contribution in [-0.2, 0) is 35.2 Å². The molecular weight excluding hydrogens is 530 g/mol. The van der Waals surface area contributed by atoms with Crippen LogP contribution in [0.2, 0.25) is 0 Å². The molecule has 0 aliphatic carbocycles. The quantitative estimate of drug-likeness (QED) is 0.0488. The number of hydrogen-bond acceptors (Lipinski definition) is 9. The van der Waals surface area contributed by atoms with E-state index in [0.717, 1.165) is 0 Å². The first kappa shape index (κ1) is 33.1. The van der Waals surface area contributed by atoms with Crippen LogP contribution in [0.4, 0.5) is 0 Å². The van der Waals surface area contributed by atoms with Crippen molar-refractivity contribution in [3.63, 3.8) is 0 Å². The van der Waals surface area contributed by atoms with Crippen molar-refractivity contribution in [1.29, 1.82) is 0 Å². The van der Waals surface area contributed by atoms with Crippen molar-refractivity contribution in [3.05, 3.63) is 29.8 Å². The fourth-order valence-corrected chi connectivity index (χ4v) is 3.38. The Kier molecular flexibility index (Phi) is 13.3. The van der Waals surface area contributed by atoms with Gasteiger partial charge < -0.3 is 54.8 Å². The predicted molar refractivity (Wildman–Crippen MR) is 141 cm³/mol. The lowest BCUT2D eigenvalue weighted by Gasteiger charge is -2.24. The van der Waals surface area contributed by atoms with Crippen molar-refractivity contribution >= 4 is 41.5 Å². The molecule has 0 aliphatic rings. The Hall–Kier alpha value is -4.93. The summed E-state index contributed by atoms with van der Waals surface area (Å²) >= 11 is 0. The van der Waals surface area contributed by atoms with Crippen LogP contribution in [0.15, 0.2) is 29.3 Å². The molecule has 40 heavy (non-hydrogen) atoms. The molecule has 15 N–H and O–H groups in total. The number of benzene rings is 1. The first-order valence-corrected chi connectivity index (χ1v) is 12.0. The Balaban J connectivity index is 3.10. The average Bonchev–Trinajstić information content (AvgIpc) is 2.85. The second-order valence-corrected chi connectivity index (χ2v) is 8.79. The number of nitrogens with two attached hydrogens (primary N) is 5. The highest BCUT2D eigenvalue weighted by atomic mass is 16.4. The number of nitrogens with zero attached hydrogens (tertiary/aromatic N) is 1. The fourth-order valence-electron chi connectivity index (χ4n) is 3.38. The molecule has 0 aromatic heterocycles. The van der Waals surface area contributed by atoms with E-state index < -0.39 is 72.5 Å². The largest absolute Gasteiger partial charge is 0.508 e. The summed E-state index contributed by atoms with van der Waals surface area (Å²) in [6.07, 6.45) is -1.26. The number of hydrogen-bond donors (Lipinski definition) is 10. The number of primary amides is 2. The summed E-state index contributed by atoms with van der Waals surface area (Å²) < 4.78 is 0. The Morgan fingerprint density at radius 3 is 1.82 bits per heavy atom. The van der Waals surface area contributed by atoms with Crippen LogP contribution in [0.1, 0.15) is 31.2 Å². The second kappa shape index (κ2) is 16.1. The number of amides is 5. The Labute approximate surface area is 228 Å². The molecule has 4 unspecified atom stereocenters. The van der Waals surface area contributed by atoms with Crippen LogP contribution in [0.3, 0.4) is 0 Å². The van der Waals surface area contributed by atoms with Crippen molar-refractivity contribution in [3.8, 4) is 5.75 Å². The van der Waals surface area contributed by atoms with Gasteiger partial charge in [0, 0.05) is 13.0 Å². The zero-order valence-corrected chi connectivity index (χ0v) is 21.5. The van der Waals surface area contributed by atoms with Crippen molar-refractivity contribution < 1.29 is 39.0 Å². The molecule has 220 valence electrons. The van der Waals surface area contributed by atoms with Crippen LogP contribution >= 0.6 is 0 Å². The summed E-state index contributed by atoms with van der Waals surface area (Å²) in [6, 6.07) is -0.106. The summed E-state index contributed by atoms with van der Waals surface area (Å²) in [7, 11) is 0. The van der Waals surface area contributed by atoms with E-state index in [1.54, 1.807) is 0 Å². The number of rotatable bonds is 17. The van der Waals surface area contributed by atoms with Crippen LogP contribution in [0, 0.1) is 0 Å². The van der Waals surface area contributed by atoms with Gasteiger partial charge in [0.05, 0.1) is 18.9 Å². The molecule has 0 fully saturated rings. The molecule has 1 aromatic rings. The number of carboxylic acids is 1. The zero-order chi connectivity index (χ0) is 30.4. The van der Waals surface area contributed by atoms with E-state index in [-0.39, 0.29) is 37.5 Å². The van der Waals surface area contributed by atoms with Gasteiger partial charge in [0.1, 0.15) is 23.9 Å². The minimum absolute atomic E-state index is 0.0311. The summed E-state index contributed by atoms with van der Waals surface area (Å²) in [5.41, 5.74) is 26.9. The van der Waals surface area contributed by atoms with Gasteiger partial charge >= 0.3 is 5.97 Å². The zero-order valence-electron chi connectivity index (χ0n) is 21.5. The van der Waals surface area contributed by atoms with Gasteiger partial charge in [0.25, 0.3) is 0 Å². The van der Waals surface area contributed by atoms with E-state index in [1.807, 2.05) is 0 Å². The topological polar surface area (TPSA) is 321 Å². The lowest BCUT2D eigenvalue weighted by atomic mass is 10.0. The molecule has 4 atom stereocenters. The molecule has 0 spiro atoms. The predicted octanol–water partition coefficient (Wildman–Crippen LogP) is -4.39. The van der Waals surface area contributed by atoms with Crippen LogP contribution in [0.25, 0.3) is 0 Å². The first-order chi connectivity index (χ1) is 18.7. The van der Waals surface area contributed by atoms with Gasteiger partial charge in [0.2, 0.25) is 29.5 Å². The van der Waals surface area contributed by atoms with E-state index in [1.165, 1.54) is 24.3 Å². The third-order valence-electron chi connectivity index (χ3n) is 5.37. The second-order valence-electron chi connectivity index (χ2n) is 8.79. The van der Waals surface area contributed by atoms with Crippen molar-refractivity contribution in [1.82, 2.24) is 16.0 Å². The maximum Gasteiger partial charge on any atom is 0.326 e. The van der Waals surface area contributed by atoms with Gasteiger partial charge in [-0.2, -0.15) is 0 Å². The van der Waals surface area contributed by atoms with Gasteiger partial charge in [-0.05, 0) is 30.5 Å². The van der Waals surface area contributed by atoms with E-state index in [2.05, 4.69) is 20.9 Å². The molecule has 0 bridgehead atoms. The molecule has 17 heteroatoms. The highest BCUT2D eigenvalue weighted by Crippen LogP contribution is 2.12. The maximum atomic E-state index is 13.1. The monoisotopic (exact) mass is 565 g/mol. The van der Waals surface area contributed by atoms with E-state index >= 15 is 0 Å². The van der Waals surface area contributed by atoms with E-state index in [4.69, 9.17) is 28.7 Å². The standard InChI is InChI=1S/C23H35N9O8/c24-13(9-17(25)34)19(36)31-15(10-18(26)35)21(38)30-14(2-1-7-29-23(27)28)20(37)32-16(22(39)40)8-11-3-5-12(33)6-4-11/h3-6,13-16,33H,1-2,7-10,24H2,(H2,25,34)(H2,26,35)(H,30,38)(H,31,36)(H,32,37)(H,39,40)(H4,27,28,29). The number of aliphatic carboxylic acids is 1. The van der Waals surface area contributed by atoms with Crippen LogP contribution < -0.4 is 44.6 Å². The van der Waals surface area contributed by atoms with Crippen molar-refractivity contribution in [2.24, 2.45) is 33.7 Å². The number of nitrogens with one attached hydrogen (secondary N) is 3. The van der Waals surface area contributed by atoms with Crippen LogP contribution in [0.5, 0.6) is 5.75 Å². The normalized spacial score (nSPS) is 13.5. The number of guanidine groups is 1. The Bertz CT molecular complexity index is 1110. The molecular formula is C23H35N9O8. The highest BCUT2D eigenvalue weighted by molar-refractivity contribution is 5.96. The molecule has 0 heterocycles. The minimum atomic E-state index is -1.58. The molecule has 17 nitrogen and oxygen atoms in total. The summed E-state index contributed by atoms with van der Waals surface area (Å²) in [5.74, 6) is -6.33. The minimum Gasteiger partial charge on any atom is -0.508 e. The Morgan fingerprint density at radius 2 is 1.30 bits per heavy atom. The number of aromatic hydroxyl groups is 1. The van der Waals surface area contributed by atoms with Crippen molar-refractivity contribution in [2.75, 3.05) is 6.54 Å². The van der Waals surface area contributed by atoms with Gasteiger partial charge in [-0.1, -0.05) is 12.1 Å². The molecule has 1 rings (SSSR count). The van der Waals surface area contributed by atoms with Gasteiger partial charge in [-0.15, -0.1) is 0 Å². The van der Waals surface area contributed by atoms with Crippen molar-refractivity contribution in [2.45, 2.75) is 56.3 Å². The van der Waals surface area contributed by atoms with Gasteiger partial charge in [-0.25, -0.2) is 4.79 Å². The number of carboxylic acid groups (broad SMARTS) is 1. The average molecular weight is 566 g/mol. The van der Waals surface area contributed by atoms with Crippen LogP contribution in [-0.4, -0.2) is 82.4 Å². The number of aliphatic imine (C=N–C) groups is 1. The number of phenols is 1. The third-order valence-corrected chi connectivity index (χ3v) is 5.37. The molecule has 1 aromatic carbocycles. The SMILES string of the molecule is NC(=O)CC(N)C(=O)NC(CC(N)=O)C(=O)NC(CCCN=C(N)N)C(=O)NC(Cc1ccc(O)cc1)C(=O)O. The summed E-state index contributed by atoms with van der Waals surface area (Å²) in [5, 5.41) is 26.0. The lowest BCUT2D eigenvalue weighted by Crippen LogP contribution is -2.58. The summed E-state index contributed by atoms with van der Waals surface area (Å²) in [4.78, 5) is 76.6.